The van der Waals surface area contributed by atoms with Gasteiger partial charge in [0.2, 0.25) is 0 Å². The molecule has 0 aliphatic rings. The van der Waals surface area contributed by atoms with E-state index in [4.69, 9.17) is 47.8 Å². The van der Waals surface area contributed by atoms with Crippen LogP contribution in [0.2, 0.25) is 5.54 Å². The number of hydrogen-bond donors (Lipinski definition) is 1. The lowest BCUT2D eigenvalue weighted by atomic mass is 10.2. The Balaban J connectivity index is 2.99. The first-order valence-corrected chi connectivity index (χ1v) is 12.7. The van der Waals surface area contributed by atoms with E-state index < -0.39 is 23.5 Å². The van der Waals surface area contributed by atoms with Gasteiger partial charge in [0.25, 0.3) is 0 Å². The number of carbonyl (C=O) groups is 2. The summed E-state index contributed by atoms with van der Waals surface area (Å²) in [6.45, 7) is 1.98. The minimum absolute atomic E-state index is 0.185. The van der Waals surface area contributed by atoms with Crippen molar-refractivity contribution in [2.45, 2.75) is 31.7 Å². The van der Waals surface area contributed by atoms with Gasteiger partial charge in [0.1, 0.15) is 0 Å². The molecular formula is C16H19Cl3O5Si. The minimum atomic E-state index is -3.28. The lowest BCUT2D eigenvalue weighted by molar-refractivity contribution is -0.134. The lowest BCUT2D eigenvalue weighted by Crippen LogP contribution is -2.30. The van der Waals surface area contributed by atoms with Crippen molar-refractivity contribution < 1.29 is 24.2 Å². The monoisotopic (exact) mass is 424 g/mol. The van der Waals surface area contributed by atoms with Gasteiger partial charge in [-0.15, -0.1) is 33.2 Å². The van der Waals surface area contributed by atoms with Crippen LogP contribution in [-0.4, -0.2) is 30.2 Å². The minimum Gasteiger partial charge on any atom is -0.493 e. The molecule has 0 aliphatic heterocycles. The summed E-state index contributed by atoms with van der Waals surface area (Å²) >= 11 is 18.1. The topological polar surface area (TPSA) is 72.8 Å². The van der Waals surface area contributed by atoms with Crippen LogP contribution in [0.25, 0.3) is 6.08 Å². The van der Waals surface area contributed by atoms with Crippen LogP contribution in [-0.2, 0) is 9.59 Å². The molecule has 0 fully saturated rings. The number of unbranched alkanes of at least 4 members (excludes halogenated alkanes) is 1. The Morgan fingerprint density at radius 2 is 1.96 bits per heavy atom. The zero-order valence-electron chi connectivity index (χ0n) is 13.8. The summed E-state index contributed by atoms with van der Waals surface area (Å²) in [6, 6.07) is 1.38. The second kappa shape index (κ2) is 10.1. The highest BCUT2D eigenvalue weighted by Crippen LogP contribution is 2.39. The normalized spacial score (nSPS) is 12.8. The summed E-state index contributed by atoms with van der Waals surface area (Å²) in [5.74, 6) is -1.21. The number of rotatable bonds is 9. The Kier molecular flexibility index (Phi) is 8.79. The first-order valence-electron chi connectivity index (χ1n) is 7.56. The van der Waals surface area contributed by atoms with Crippen molar-refractivity contribution in [2.75, 3.05) is 7.11 Å². The molecular weight excluding hydrogens is 407 g/mol. The van der Waals surface area contributed by atoms with E-state index in [2.05, 4.69) is 0 Å². The fraction of sp³-hybridized carbons (Fsp3) is 0.375. The van der Waals surface area contributed by atoms with E-state index in [0.717, 1.165) is 18.9 Å². The van der Waals surface area contributed by atoms with Crippen LogP contribution in [0.1, 0.15) is 31.7 Å². The molecule has 25 heavy (non-hydrogen) atoms. The van der Waals surface area contributed by atoms with Crippen molar-refractivity contribution >= 4 is 57.3 Å². The van der Waals surface area contributed by atoms with E-state index in [9.17, 15) is 9.59 Å². The Bertz CT molecular complexity index is 643. The van der Waals surface area contributed by atoms with Crippen molar-refractivity contribution in [1.29, 1.82) is 0 Å². The fourth-order valence-corrected chi connectivity index (χ4v) is 4.68. The maximum Gasteiger partial charge on any atom is 0.355 e. The van der Waals surface area contributed by atoms with Gasteiger partial charge in [-0.25, -0.2) is 4.79 Å². The second-order valence-electron chi connectivity index (χ2n) is 5.24. The average molecular weight is 426 g/mol. The standard InChI is InChI=1S/C16H19Cl3O5Si/c1-3-4-5-14(25(17,18)19)16(22)24-12-8-6-11(7-9-15(20)21)10-13(12)23-2/h6-10,14H,3-5H2,1-2H3,(H,20,21)/b9-7+. The van der Waals surface area contributed by atoms with E-state index in [-0.39, 0.29) is 11.5 Å². The van der Waals surface area contributed by atoms with E-state index in [1.807, 2.05) is 6.92 Å². The maximum atomic E-state index is 12.4. The van der Waals surface area contributed by atoms with Crippen molar-refractivity contribution in [3.63, 3.8) is 0 Å². The van der Waals surface area contributed by atoms with Crippen LogP contribution in [0.4, 0.5) is 0 Å². The van der Waals surface area contributed by atoms with Crippen molar-refractivity contribution in [1.82, 2.24) is 0 Å². The molecule has 0 heterocycles. The van der Waals surface area contributed by atoms with E-state index in [1.54, 1.807) is 12.1 Å². The van der Waals surface area contributed by atoms with Gasteiger partial charge in [-0.3, -0.25) is 4.79 Å². The summed E-state index contributed by atoms with van der Waals surface area (Å²) in [5, 5.41) is 8.66. The van der Waals surface area contributed by atoms with Crippen molar-refractivity contribution in [2.24, 2.45) is 0 Å². The number of carbonyl (C=O) groups excluding carboxylic acids is 1. The Morgan fingerprint density at radius 3 is 2.48 bits per heavy atom. The molecule has 0 radical (unpaired) electrons. The molecule has 0 bridgehead atoms. The predicted molar refractivity (Wildman–Crippen MR) is 102 cm³/mol. The lowest BCUT2D eigenvalue weighted by Gasteiger charge is -2.21. The van der Waals surface area contributed by atoms with Crippen LogP contribution in [0.5, 0.6) is 11.5 Å². The number of benzene rings is 1. The maximum absolute atomic E-state index is 12.4. The third kappa shape index (κ3) is 7.28. The van der Waals surface area contributed by atoms with Gasteiger partial charge in [0.15, 0.2) is 11.5 Å². The van der Waals surface area contributed by atoms with Gasteiger partial charge in [0, 0.05) is 6.08 Å². The smallest absolute Gasteiger partial charge is 0.355 e. The quantitative estimate of drug-likeness (QED) is 0.200. The molecule has 1 rings (SSSR count). The Morgan fingerprint density at radius 1 is 1.28 bits per heavy atom. The highest BCUT2D eigenvalue weighted by molar-refractivity contribution is 7.65. The first kappa shape index (κ1) is 21.8. The van der Waals surface area contributed by atoms with Gasteiger partial charge in [-0.1, -0.05) is 25.8 Å². The van der Waals surface area contributed by atoms with Gasteiger partial charge < -0.3 is 14.6 Å². The summed E-state index contributed by atoms with van der Waals surface area (Å²) in [5.41, 5.74) is -0.189. The molecule has 0 aliphatic carbocycles. The molecule has 0 amide bonds. The predicted octanol–water partition coefficient (Wildman–Crippen LogP) is 4.91. The third-order valence-corrected chi connectivity index (χ3v) is 7.03. The largest absolute Gasteiger partial charge is 0.493 e. The molecule has 138 valence electrons. The number of ether oxygens (including phenoxy) is 2. The number of esters is 1. The zero-order chi connectivity index (χ0) is 19.0. The highest BCUT2D eigenvalue weighted by atomic mass is 35.8. The summed E-state index contributed by atoms with van der Waals surface area (Å²) in [6.07, 6.45) is 4.45. The van der Waals surface area contributed by atoms with E-state index in [0.29, 0.717) is 12.0 Å². The van der Waals surface area contributed by atoms with Crippen LogP contribution >= 0.6 is 33.2 Å². The molecule has 0 saturated carbocycles. The van der Waals surface area contributed by atoms with Crippen LogP contribution in [0, 0.1) is 0 Å². The number of methoxy groups -OCH3 is 1. The number of carboxylic acid groups (broad SMARTS) is 1. The van der Waals surface area contributed by atoms with Gasteiger partial charge in [-0.05, 0) is 30.2 Å². The average Bonchev–Trinajstić information content (AvgIpc) is 2.52. The number of carboxylic acids is 1. The molecule has 9 heteroatoms. The summed E-state index contributed by atoms with van der Waals surface area (Å²) in [7, 11) is 1.41. The Labute approximate surface area is 161 Å². The van der Waals surface area contributed by atoms with Crippen molar-refractivity contribution in [3.05, 3.63) is 29.8 Å². The first-order chi connectivity index (χ1) is 11.7. The molecule has 1 N–H and O–H groups in total. The van der Waals surface area contributed by atoms with Gasteiger partial charge in [-0.2, -0.15) is 0 Å². The van der Waals surface area contributed by atoms with E-state index in [1.165, 1.54) is 19.3 Å². The third-order valence-electron chi connectivity index (χ3n) is 3.34. The van der Waals surface area contributed by atoms with Crippen LogP contribution in [0.3, 0.4) is 0 Å². The van der Waals surface area contributed by atoms with E-state index >= 15 is 0 Å². The number of aliphatic carboxylic acids is 1. The molecule has 1 atom stereocenters. The van der Waals surface area contributed by atoms with Crippen LogP contribution < -0.4 is 9.47 Å². The molecule has 1 unspecified atom stereocenters. The SMILES string of the molecule is CCCCC(C(=O)Oc1ccc(/C=C/C(=O)O)cc1OC)[Si](Cl)(Cl)Cl. The highest BCUT2D eigenvalue weighted by Gasteiger charge is 2.43. The van der Waals surface area contributed by atoms with Crippen LogP contribution in [0.15, 0.2) is 24.3 Å². The Hall–Kier alpha value is -1.21. The number of hydrogen-bond acceptors (Lipinski definition) is 4. The number of halogens is 3. The molecule has 5 nitrogen and oxygen atoms in total. The molecule has 0 saturated heterocycles. The fourth-order valence-electron chi connectivity index (χ4n) is 2.04. The summed E-state index contributed by atoms with van der Waals surface area (Å²) < 4.78 is 10.6. The summed E-state index contributed by atoms with van der Waals surface area (Å²) in [4.78, 5) is 23.0. The van der Waals surface area contributed by atoms with Gasteiger partial charge >= 0.3 is 17.9 Å². The molecule has 1 aromatic rings. The molecule has 0 aromatic heterocycles. The molecule has 1 aromatic carbocycles. The van der Waals surface area contributed by atoms with Gasteiger partial charge in [0.05, 0.1) is 12.7 Å². The zero-order valence-corrected chi connectivity index (χ0v) is 17.1. The second-order valence-corrected chi connectivity index (χ2v) is 14.1. The molecule has 0 spiro atoms. The van der Waals surface area contributed by atoms with Crippen molar-refractivity contribution in [3.8, 4) is 11.5 Å².